The van der Waals surface area contributed by atoms with Gasteiger partial charge in [-0.2, -0.15) is 0 Å². The van der Waals surface area contributed by atoms with Gasteiger partial charge in [-0.3, -0.25) is 0 Å². The van der Waals surface area contributed by atoms with Crippen LogP contribution in [0.3, 0.4) is 0 Å². The number of rotatable bonds is 5. The van der Waals surface area contributed by atoms with Gasteiger partial charge in [-0.1, -0.05) is 20.6 Å². The third-order valence-corrected chi connectivity index (χ3v) is 2.34. The van der Waals surface area contributed by atoms with Crippen LogP contribution in [0, 0.1) is 6.92 Å². The van der Waals surface area contributed by atoms with E-state index in [1.165, 1.54) is 13.8 Å². The number of nitrogens with one attached hydrogen (secondary N) is 1. The Morgan fingerprint density at radius 3 is 1.76 bits per heavy atom. The minimum absolute atomic E-state index is 0. The largest absolute Gasteiger partial charge is 0.411 e. The van der Waals surface area contributed by atoms with Gasteiger partial charge in [0.05, 0.1) is 12.9 Å². The average Bonchev–Trinajstić information content (AvgIpc) is 3.20. The summed E-state index contributed by atoms with van der Waals surface area (Å²) < 4.78 is 0. The molecule has 4 N–H and O–H groups in total. The van der Waals surface area contributed by atoms with Crippen molar-refractivity contribution in [1.29, 1.82) is 0 Å². The first kappa shape index (κ1) is 27.4. The molecule has 1 aromatic heterocycles. The van der Waals surface area contributed by atoms with Crippen LogP contribution >= 0.6 is 0 Å². The van der Waals surface area contributed by atoms with Crippen LogP contribution in [-0.2, 0) is 21.6 Å². The second-order valence-corrected chi connectivity index (χ2v) is 4.18. The summed E-state index contributed by atoms with van der Waals surface area (Å²) in [5, 5.41) is 36.6. The minimum Gasteiger partial charge on any atom is -0.411 e. The van der Waals surface area contributed by atoms with Crippen LogP contribution < -0.4 is 0 Å². The van der Waals surface area contributed by atoms with Crippen molar-refractivity contribution < 1.29 is 37.2 Å². The van der Waals surface area contributed by atoms with Gasteiger partial charge in [0.2, 0.25) is 0 Å². The van der Waals surface area contributed by atoms with E-state index in [0.29, 0.717) is 35.9 Å². The number of hydrogen-bond donors (Lipinski definition) is 4. The summed E-state index contributed by atoms with van der Waals surface area (Å²) in [5.74, 6) is 0. The summed E-state index contributed by atoms with van der Waals surface area (Å²) in [6, 6.07) is 0. The third-order valence-electron chi connectivity index (χ3n) is 2.34. The maximum atomic E-state index is 8.30. The Morgan fingerprint density at radius 1 is 1.00 bits per heavy atom. The smallest absolute Gasteiger partial charge is 0.101 e. The van der Waals surface area contributed by atoms with E-state index in [1.54, 1.807) is 32.6 Å². The van der Waals surface area contributed by atoms with E-state index in [1.807, 2.05) is 0 Å². The van der Waals surface area contributed by atoms with E-state index in [0.717, 1.165) is 0 Å². The van der Waals surface area contributed by atoms with E-state index < -0.39 is 0 Å². The van der Waals surface area contributed by atoms with Gasteiger partial charge in [-0.05, 0) is 27.7 Å². The average molecular weight is 400 g/mol. The molecule has 0 fully saturated rings. The molecule has 0 amide bonds. The van der Waals surface area contributed by atoms with Gasteiger partial charge in [-0.15, -0.1) is 6.42 Å². The van der Waals surface area contributed by atoms with Crippen molar-refractivity contribution in [3.63, 3.8) is 0 Å². The zero-order chi connectivity index (χ0) is 18.8. The topological polar surface area (TPSA) is 148 Å². The first-order valence-corrected chi connectivity index (χ1v) is 6.89. The summed E-state index contributed by atoms with van der Waals surface area (Å²) in [4.78, 5) is 11.2. The molecule has 25 heavy (non-hydrogen) atoms. The van der Waals surface area contributed by atoms with Crippen molar-refractivity contribution in [3.05, 3.63) is 25.6 Å². The standard InChI is InChI=1S/C7H13N2O2.C4H8N2O2.C3H4N2.Co/c1-4-5-11-9-7(3)6(2)8-10;1-3(5-7)4(2)6-8;1-2-5-3-4-1;/h10H,1,4-5H2,2-3H3;7-8H,1-2H3;1-3H,(H,4,5);/q-1;;;. The molecule has 0 aliphatic carbocycles. The number of aromatic nitrogens is 2. The molecule has 0 saturated carbocycles. The molecular weight excluding hydrogens is 375 g/mol. The molecule has 0 unspecified atom stereocenters. The van der Waals surface area contributed by atoms with Gasteiger partial charge in [0.25, 0.3) is 0 Å². The van der Waals surface area contributed by atoms with Crippen LogP contribution in [0.5, 0.6) is 0 Å². The third kappa shape index (κ3) is 17.8. The summed E-state index contributed by atoms with van der Waals surface area (Å²) in [6.07, 6.45) is 5.76. The van der Waals surface area contributed by atoms with Crippen molar-refractivity contribution in [2.75, 3.05) is 6.61 Å². The van der Waals surface area contributed by atoms with Crippen LogP contribution in [0.15, 0.2) is 39.3 Å². The van der Waals surface area contributed by atoms with Crippen LogP contribution in [0.25, 0.3) is 0 Å². The fourth-order valence-electron chi connectivity index (χ4n) is 0.705. The molecule has 0 saturated heterocycles. The first-order chi connectivity index (χ1) is 11.4. The summed E-state index contributed by atoms with van der Waals surface area (Å²) >= 11 is 0. The van der Waals surface area contributed by atoms with Crippen molar-refractivity contribution in [3.8, 4) is 0 Å². The summed E-state index contributed by atoms with van der Waals surface area (Å²) in [7, 11) is 0. The quantitative estimate of drug-likeness (QED) is 0.197. The molecule has 1 rings (SSSR count). The van der Waals surface area contributed by atoms with E-state index in [9.17, 15) is 0 Å². The Morgan fingerprint density at radius 2 is 1.48 bits per heavy atom. The van der Waals surface area contributed by atoms with Crippen LogP contribution in [0.1, 0.15) is 34.1 Å². The monoisotopic (exact) mass is 400 g/mol. The number of oxime groups is 4. The normalized spacial score (nSPS) is 12.0. The Hall–Kier alpha value is -2.40. The molecule has 11 heteroatoms. The predicted octanol–water partition coefficient (Wildman–Crippen LogP) is 2.55. The van der Waals surface area contributed by atoms with Crippen molar-refractivity contribution >= 4 is 22.8 Å². The molecule has 0 bridgehead atoms. The predicted molar refractivity (Wildman–Crippen MR) is 92.3 cm³/mol. The van der Waals surface area contributed by atoms with Crippen LogP contribution in [0.2, 0.25) is 0 Å². The van der Waals surface area contributed by atoms with E-state index in [4.69, 9.17) is 20.5 Å². The maximum Gasteiger partial charge on any atom is 0.101 e. The molecule has 1 radical (unpaired) electrons. The fourth-order valence-corrected chi connectivity index (χ4v) is 0.705. The minimum atomic E-state index is 0. The summed E-state index contributed by atoms with van der Waals surface area (Å²) in [5.41, 5.74) is 1.65. The Kier molecular flexibility index (Phi) is 21.6. The molecule has 1 aromatic rings. The molecule has 1 heterocycles. The van der Waals surface area contributed by atoms with Crippen LogP contribution in [0.4, 0.5) is 0 Å². The summed E-state index contributed by atoms with van der Waals surface area (Å²) in [6.45, 7) is 10.5. The zero-order valence-corrected chi connectivity index (χ0v) is 15.7. The molecule has 0 aromatic carbocycles. The Bertz CT molecular complexity index is 496. The van der Waals surface area contributed by atoms with Crippen molar-refractivity contribution in [2.45, 2.75) is 34.1 Å². The number of imidazole rings is 1. The number of aromatic amines is 1. The van der Waals surface area contributed by atoms with E-state index in [-0.39, 0.29) is 16.8 Å². The number of nitrogens with zero attached hydrogens (tertiary/aromatic N) is 5. The fraction of sp³-hybridized carbons (Fsp3) is 0.429. The number of H-pyrrole nitrogens is 1. The first-order valence-electron chi connectivity index (χ1n) is 6.89. The van der Waals surface area contributed by atoms with Gasteiger partial charge in [0.15, 0.2) is 0 Å². The Balaban J connectivity index is -0.000000303. The van der Waals surface area contributed by atoms with Gasteiger partial charge < -0.3 is 32.4 Å². The molecule has 10 nitrogen and oxygen atoms in total. The van der Waals surface area contributed by atoms with Gasteiger partial charge in [0, 0.05) is 29.2 Å². The zero-order valence-electron chi connectivity index (χ0n) is 14.7. The van der Waals surface area contributed by atoms with Gasteiger partial charge in [0.1, 0.15) is 22.8 Å². The van der Waals surface area contributed by atoms with Crippen molar-refractivity contribution in [1.82, 2.24) is 9.97 Å². The molecule has 145 valence electrons. The second-order valence-electron chi connectivity index (χ2n) is 4.18. The van der Waals surface area contributed by atoms with Crippen LogP contribution in [-0.4, -0.2) is 55.0 Å². The van der Waals surface area contributed by atoms with E-state index in [2.05, 4.69) is 37.5 Å². The molecule has 0 atom stereocenters. The van der Waals surface area contributed by atoms with Gasteiger partial charge >= 0.3 is 0 Å². The molecule has 0 spiro atoms. The molecule has 0 aliphatic heterocycles. The Labute approximate surface area is 157 Å². The second kappa shape index (κ2) is 19.6. The SMILES string of the molecule is CC(=NO)C(C)=NO.[CH2-]CCON=C(C)C(C)=NO.[Co].c1c[nH]cn1. The van der Waals surface area contributed by atoms with Gasteiger partial charge in [-0.25, -0.2) is 4.98 Å². The van der Waals surface area contributed by atoms with Crippen molar-refractivity contribution in [2.24, 2.45) is 20.6 Å². The maximum absolute atomic E-state index is 8.30. The molecular formula is C14H25CoN6O4-. The van der Waals surface area contributed by atoms with E-state index >= 15 is 0 Å². The number of hydrogen-bond acceptors (Lipinski definition) is 9. The molecule has 0 aliphatic rings.